The number of esters is 1. The molecule has 0 bridgehead atoms. The van der Waals surface area contributed by atoms with E-state index in [0.29, 0.717) is 0 Å². The molecule has 12 heteroatoms. The number of guanidine groups is 1. The number of benzene rings is 4. The number of hydrogen-bond donors (Lipinski definition) is 1. The molecule has 12 nitrogen and oxygen atoms in total. The van der Waals surface area contributed by atoms with Crippen LogP contribution < -0.4 is 5.73 Å². The van der Waals surface area contributed by atoms with E-state index in [2.05, 4.69) is 4.99 Å². The number of aliphatic imine (C=N–C) groups is 1. The third kappa shape index (κ3) is 10.2. The molecule has 50 heavy (non-hydrogen) atoms. The van der Waals surface area contributed by atoms with Crippen LogP contribution in [0.3, 0.4) is 0 Å². The minimum Gasteiger partial charge on any atom is -0.467 e. The fourth-order valence-electron chi connectivity index (χ4n) is 5.24. The third-order valence-electron chi connectivity index (χ3n) is 7.79. The number of methoxy groups -OCH3 is 1. The van der Waals surface area contributed by atoms with Gasteiger partial charge < -0.3 is 34.2 Å². The van der Waals surface area contributed by atoms with Crippen molar-refractivity contribution in [2.45, 2.75) is 50.8 Å². The zero-order chi connectivity index (χ0) is 35.1. The van der Waals surface area contributed by atoms with Gasteiger partial charge in [-0.15, -0.1) is 4.99 Å². The lowest BCUT2D eigenvalue weighted by atomic mass is 10.1. The van der Waals surface area contributed by atoms with E-state index in [1.54, 1.807) is 24.3 Å². The van der Waals surface area contributed by atoms with Crippen LogP contribution in [0.4, 0.5) is 9.59 Å². The van der Waals surface area contributed by atoms with E-state index in [9.17, 15) is 14.4 Å². The lowest BCUT2D eigenvalue weighted by Crippen LogP contribution is -2.50. The van der Waals surface area contributed by atoms with Gasteiger partial charge in [0.1, 0.15) is 31.5 Å². The molecule has 0 unspecified atom stereocenters. The predicted molar refractivity (Wildman–Crippen MR) is 182 cm³/mol. The summed E-state index contributed by atoms with van der Waals surface area (Å²) in [7, 11) is 1.24. The summed E-state index contributed by atoms with van der Waals surface area (Å²) in [6.45, 7) is -0.197. The standard InChI is InChI=1S/C38H39N3O9/c1-45-35(42)34-33(47-24-28-16-8-3-9-17-28)32(46-23-27-14-6-2-7-15-27)31(50-34)22-41(38(44)49-26-30-20-12-5-13-21-30)36(39)40-37(43)48-25-29-18-10-4-11-19-29/h2-21,31-34H,22-26H2,1H3,(H2,39,40,43)/t31-,32+,33-,34-/m0/s1. The minimum atomic E-state index is -1.22. The van der Waals surface area contributed by atoms with Gasteiger partial charge in [0.15, 0.2) is 6.10 Å². The molecule has 5 rings (SSSR count). The Kier molecular flexibility index (Phi) is 13.1. The van der Waals surface area contributed by atoms with Crippen molar-refractivity contribution in [1.29, 1.82) is 0 Å². The van der Waals surface area contributed by atoms with E-state index in [-0.39, 0.29) is 33.0 Å². The number of nitrogens with zero attached hydrogens (tertiary/aromatic N) is 2. The Hall–Kier alpha value is -5.56. The highest BCUT2D eigenvalue weighted by molar-refractivity contribution is 5.98. The summed E-state index contributed by atoms with van der Waals surface area (Å²) in [6.07, 6.45) is -6.03. The van der Waals surface area contributed by atoms with Crippen LogP contribution in [-0.4, -0.2) is 67.1 Å². The quantitative estimate of drug-likeness (QED) is 0.0843. The van der Waals surface area contributed by atoms with E-state index in [4.69, 9.17) is 34.2 Å². The molecule has 4 atom stereocenters. The molecule has 0 aromatic heterocycles. The van der Waals surface area contributed by atoms with Gasteiger partial charge in [-0.05, 0) is 22.3 Å². The van der Waals surface area contributed by atoms with Crippen molar-refractivity contribution in [2.75, 3.05) is 13.7 Å². The topological polar surface area (TPSA) is 148 Å². The van der Waals surface area contributed by atoms with Gasteiger partial charge in [0.25, 0.3) is 0 Å². The second-order valence-electron chi connectivity index (χ2n) is 11.3. The summed E-state index contributed by atoms with van der Waals surface area (Å²) in [5, 5.41) is 0. The fraction of sp³-hybridized carbons (Fsp3) is 0.263. The summed E-state index contributed by atoms with van der Waals surface area (Å²) in [6, 6.07) is 36.9. The van der Waals surface area contributed by atoms with E-state index in [0.717, 1.165) is 27.2 Å². The van der Waals surface area contributed by atoms with Crippen LogP contribution in [0.15, 0.2) is 126 Å². The average molecular weight is 682 g/mol. The van der Waals surface area contributed by atoms with Crippen LogP contribution >= 0.6 is 0 Å². The molecule has 0 aliphatic carbocycles. The maximum absolute atomic E-state index is 13.6. The number of amides is 2. The Morgan fingerprint density at radius 2 is 1.10 bits per heavy atom. The number of hydrogen-bond acceptors (Lipinski definition) is 9. The predicted octanol–water partition coefficient (Wildman–Crippen LogP) is 5.39. The van der Waals surface area contributed by atoms with Crippen molar-refractivity contribution >= 4 is 24.1 Å². The summed E-state index contributed by atoms with van der Waals surface area (Å²) in [5.74, 6) is -1.20. The molecule has 0 radical (unpaired) electrons. The molecule has 1 heterocycles. The van der Waals surface area contributed by atoms with E-state index in [1.165, 1.54) is 7.11 Å². The molecule has 1 aliphatic heterocycles. The largest absolute Gasteiger partial charge is 0.467 e. The van der Waals surface area contributed by atoms with Crippen LogP contribution in [-0.2, 0) is 59.6 Å². The normalized spacial score (nSPS) is 18.6. The molecule has 4 aromatic rings. The number of carbonyl (C=O) groups excluding carboxylic acids is 3. The maximum atomic E-state index is 13.6. The van der Waals surface area contributed by atoms with Gasteiger partial charge in [-0.1, -0.05) is 121 Å². The zero-order valence-corrected chi connectivity index (χ0v) is 27.5. The Balaban J connectivity index is 1.41. The summed E-state index contributed by atoms with van der Waals surface area (Å²) < 4.78 is 34.8. The number of carbonyl (C=O) groups is 3. The Morgan fingerprint density at radius 3 is 1.58 bits per heavy atom. The van der Waals surface area contributed by atoms with Crippen molar-refractivity contribution in [2.24, 2.45) is 10.7 Å². The smallest absolute Gasteiger partial charge is 0.437 e. The van der Waals surface area contributed by atoms with Gasteiger partial charge in [-0.3, -0.25) is 0 Å². The van der Waals surface area contributed by atoms with Crippen LogP contribution in [0.25, 0.3) is 0 Å². The van der Waals surface area contributed by atoms with Gasteiger partial charge in [-0.2, -0.15) is 0 Å². The molecule has 1 fully saturated rings. The lowest BCUT2D eigenvalue weighted by molar-refractivity contribution is -0.160. The number of rotatable bonds is 13. The fourth-order valence-corrected chi connectivity index (χ4v) is 5.24. The average Bonchev–Trinajstić information content (AvgIpc) is 3.51. The highest BCUT2D eigenvalue weighted by Crippen LogP contribution is 2.30. The first-order valence-electron chi connectivity index (χ1n) is 16.0. The van der Waals surface area contributed by atoms with E-state index in [1.807, 2.05) is 97.1 Å². The van der Waals surface area contributed by atoms with Gasteiger partial charge in [0.05, 0.1) is 26.9 Å². The van der Waals surface area contributed by atoms with Crippen LogP contribution in [0.1, 0.15) is 22.3 Å². The maximum Gasteiger partial charge on any atom is 0.437 e. The Labute approximate surface area is 290 Å². The third-order valence-corrected chi connectivity index (χ3v) is 7.79. The first-order chi connectivity index (χ1) is 24.4. The van der Waals surface area contributed by atoms with Gasteiger partial charge in [0, 0.05) is 0 Å². The molecule has 0 spiro atoms. The molecule has 260 valence electrons. The van der Waals surface area contributed by atoms with E-state index < -0.39 is 48.5 Å². The highest BCUT2D eigenvalue weighted by atomic mass is 16.6. The summed E-state index contributed by atoms with van der Waals surface area (Å²) in [5.41, 5.74) is 9.47. The lowest BCUT2D eigenvalue weighted by Gasteiger charge is -2.28. The summed E-state index contributed by atoms with van der Waals surface area (Å²) in [4.78, 5) is 44.2. The Bertz CT molecular complexity index is 1690. The van der Waals surface area contributed by atoms with Crippen molar-refractivity contribution in [1.82, 2.24) is 4.90 Å². The Morgan fingerprint density at radius 1 is 0.660 bits per heavy atom. The summed E-state index contributed by atoms with van der Waals surface area (Å²) >= 11 is 0. The molecule has 1 aliphatic rings. The monoisotopic (exact) mass is 681 g/mol. The number of nitrogens with two attached hydrogens (primary N) is 1. The van der Waals surface area contributed by atoms with E-state index >= 15 is 0 Å². The van der Waals surface area contributed by atoms with Crippen LogP contribution in [0, 0.1) is 0 Å². The molecule has 2 N–H and O–H groups in total. The van der Waals surface area contributed by atoms with Gasteiger partial charge >= 0.3 is 18.2 Å². The molecular weight excluding hydrogens is 642 g/mol. The molecular formula is C38H39N3O9. The van der Waals surface area contributed by atoms with Gasteiger partial charge in [0.2, 0.25) is 5.96 Å². The van der Waals surface area contributed by atoms with Crippen LogP contribution in [0.2, 0.25) is 0 Å². The molecule has 2 amide bonds. The first kappa shape index (κ1) is 35.7. The SMILES string of the molecule is COC(=O)[C@H]1O[C@@H](CN(C(=O)OCc2ccccc2)/C(N)=N/C(=O)OCc2ccccc2)[C@@H](OCc2ccccc2)[C@@H]1OCc1ccccc1. The molecule has 4 aromatic carbocycles. The second kappa shape index (κ2) is 18.3. The first-order valence-corrected chi connectivity index (χ1v) is 16.0. The van der Waals surface area contributed by atoms with Crippen molar-refractivity contribution in [3.63, 3.8) is 0 Å². The zero-order valence-electron chi connectivity index (χ0n) is 27.5. The van der Waals surface area contributed by atoms with Crippen LogP contribution in [0.5, 0.6) is 0 Å². The highest BCUT2D eigenvalue weighted by Gasteiger charge is 2.51. The molecule has 1 saturated heterocycles. The van der Waals surface area contributed by atoms with Gasteiger partial charge in [-0.25, -0.2) is 19.3 Å². The van der Waals surface area contributed by atoms with Crippen molar-refractivity contribution in [3.8, 4) is 0 Å². The minimum absolute atomic E-state index is 0.0582. The number of ether oxygens (including phenoxy) is 6. The van der Waals surface area contributed by atoms with Crippen molar-refractivity contribution in [3.05, 3.63) is 144 Å². The second-order valence-corrected chi connectivity index (χ2v) is 11.3. The van der Waals surface area contributed by atoms with Crippen molar-refractivity contribution < 1.29 is 42.8 Å². The molecule has 0 saturated carbocycles.